The number of unbranched alkanes of at least 4 members (excludes halogenated alkanes) is 28. The van der Waals surface area contributed by atoms with Crippen molar-refractivity contribution in [2.24, 2.45) is 0 Å². The van der Waals surface area contributed by atoms with E-state index in [2.05, 4.69) is 106 Å². The molecule has 0 aromatic heterocycles. The van der Waals surface area contributed by atoms with Crippen LogP contribution in [-0.4, -0.2) is 37.2 Å². The predicted octanol–water partition coefficient (Wildman–Crippen LogP) is 19.9. The minimum Gasteiger partial charge on any atom is -0.462 e. The molecule has 402 valence electrons. The smallest absolute Gasteiger partial charge is 0.306 e. The number of carbonyl (C=O) groups excluding carboxylic acids is 3. The van der Waals surface area contributed by atoms with Gasteiger partial charge in [0.05, 0.1) is 0 Å². The Kier molecular flexibility index (Phi) is 55.3. The highest BCUT2D eigenvalue weighted by Gasteiger charge is 2.19. The van der Waals surface area contributed by atoms with Gasteiger partial charge in [-0.1, -0.05) is 254 Å². The van der Waals surface area contributed by atoms with E-state index in [0.717, 1.165) is 103 Å². The molecule has 0 aliphatic carbocycles. The standard InChI is InChI=1S/C64H110O6/c1-4-7-10-13-16-19-22-25-28-30-32-34-36-39-42-45-48-51-54-57-63(66)69-60-61(59-68-62(65)56-53-50-47-44-41-38-35-27-24-21-18-15-12-9-6-3)70-64(67)58-55-52-49-46-43-40-37-33-31-29-26-23-20-17-14-11-8-5-2/h9,12,16,18-19,21,25,27-28,32,34-35,41,44,61H,4-8,10-11,13-15,17,20,22-24,26,29-31,33,36-40,42-43,45-60H2,1-3H3/b12-9-,19-16-,21-18-,28-25-,34-32-,35-27-,44-41-/t61-/m1/s1. The molecule has 0 radical (unpaired) electrons. The first-order chi connectivity index (χ1) is 34.5. The Hall–Kier alpha value is -3.41. The van der Waals surface area contributed by atoms with E-state index in [1.807, 2.05) is 0 Å². The van der Waals surface area contributed by atoms with Crippen LogP contribution in [0.1, 0.15) is 284 Å². The van der Waals surface area contributed by atoms with Crippen molar-refractivity contribution in [2.45, 2.75) is 290 Å². The van der Waals surface area contributed by atoms with Gasteiger partial charge in [-0.15, -0.1) is 0 Å². The lowest BCUT2D eigenvalue weighted by Gasteiger charge is -2.18. The minimum absolute atomic E-state index is 0.0949. The van der Waals surface area contributed by atoms with Gasteiger partial charge in [-0.3, -0.25) is 14.4 Å². The lowest BCUT2D eigenvalue weighted by atomic mass is 10.0. The Morgan fingerprint density at radius 1 is 0.300 bits per heavy atom. The average Bonchev–Trinajstić information content (AvgIpc) is 3.36. The van der Waals surface area contributed by atoms with Gasteiger partial charge in [-0.2, -0.15) is 0 Å². The van der Waals surface area contributed by atoms with Crippen molar-refractivity contribution in [1.82, 2.24) is 0 Å². The number of ether oxygens (including phenoxy) is 3. The predicted molar refractivity (Wildman–Crippen MR) is 302 cm³/mol. The molecule has 1 atom stereocenters. The molecule has 0 rings (SSSR count). The Labute approximate surface area is 433 Å². The molecule has 0 fully saturated rings. The van der Waals surface area contributed by atoms with Crippen molar-refractivity contribution in [3.8, 4) is 0 Å². The van der Waals surface area contributed by atoms with Gasteiger partial charge in [0.1, 0.15) is 13.2 Å². The van der Waals surface area contributed by atoms with Crippen molar-refractivity contribution in [3.05, 3.63) is 85.1 Å². The second kappa shape index (κ2) is 58.2. The van der Waals surface area contributed by atoms with E-state index < -0.39 is 6.10 Å². The maximum atomic E-state index is 12.9. The zero-order valence-corrected chi connectivity index (χ0v) is 46.0. The van der Waals surface area contributed by atoms with Gasteiger partial charge < -0.3 is 14.2 Å². The first-order valence-corrected chi connectivity index (χ1v) is 29.6. The summed E-state index contributed by atoms with van der Waals surface area (Å²) >= 11 is 0. The van der Waals surface area contributed by atoms with Crippen LogP contribution in [0, 0.1) is 0 Å². The van der Waals surface area contributed by atoms with E-state index in [4.69, 9.17) is 14.2 Å². The molecule has 0 saturated heterocycles. The summed E-state index contributed by atoms with van der Waals surface area (Å²) in [6.07, 6.45) is 75.8. The fraction of sp³-hybridized carbons (Fsp3) is 0.734. The van der Waals surface area contributed by atoms with E-state index in [9.17, 15) is 14.4 Å². The largest absolute Gasteiger partial charge is 0.462 e. The molecule has 0 amide bonds. The van der Waals surface area contributed by atoms with Crippen molar-refractivity contribution in [3.63, 3.8) is 0 Å². The monoisotopic (exact) mass is 975 g/mol. The maximum absolute atomic E-state index is 12.9. The molecule has 0 aliphatic heterocycles. The molecular formula is C64H110O6. The molecule has 0 N–H and O–H groups in total. The molecule has 6 nitrogen and oxygen atoms in total. The van der Waals surface area contributed by atoms with Crippen molar-refractivity contribution >= 4 is 17.9 Å². The second-order valence-corrected chi connectivity index (χ2v) is 19.5. The molecule has 0 spiro atoms. The molecular weight excluding hydrogens is 865 g/mol. The number of hydrogen-bond donors (Lipinski definition) is 0. The van der Waals surface area contributed by atoms with Crippen LogP contribution in [0.4, 0.5) is 0 Å². The highest BCUT2D eigenvalue weighted by Crippen LogP contribution is 2.16. The Balaban J connectivity index is 4.44. The van der Waals surface area contributed by atoms with E-state index in [0.29, 0.717) is 19.3 Å². The quantitative estimate of drug-likeness (QED) is 0.0261. The van der Waals surface area contributed by atoms with E-state index >= 15 is 0 Å². The van der Waals surface area contributed by atoms with Crippen molar-refractivity contribution < 1.29 is 28.6 Å². The summed E-state index contributed by atoms with van der Waals surface area (Å²) in [6.45, 7) is 6.48. The lowest BCUT2D eigenvalue weighted by Crippen LogP contribution is -2.30. The first-order valence-electron chi connectivity index (χ1n) is 29.6. The summed E-state index contributed by atoms with van der Waals surface area (Å²) in [5.41, 5.74) is 0. The molecule has 0 saturated carbocycles. The van der Waals surface area contributed by atoms with E-state index in [-0.39, 0.29) is 31.1 Å². The molecule has 70 heavy (non-hydrogen) atoms. The molecule has 0 heterocycles. The Morgan fingerprint density at radius 3 is 0.929 bits per heavy atom. The van der Waals surface area contributed by atoms with E-state index in [1.54, 1.807) is 0 Å². The van der Waals surface area contributed by atoms with Crippen molar-refractivity contribution in [2.75, 3.05) is 13.2 Å². The van der Waals surface area contributed by atoms with Gasteiger partial charge >= 0.3 is 17.9 Å². The molecule has 0 unspecified atom stereocenters. The molecule has 6 heteroatoms. The van der Waals surface area contributed by atoms with E-state index in [1.165, 1.54) is 141 Å². The molecule has 0 aliphatic rings. The summed E-state index contributed by atoms with van der Waals surface area (Å²) in [4.78, 5) is 38.2. The van der Waals surface area contributed by atoms with Gasteiger partial charge in [0, 0.05) is 19.3 Å². The number of esters is 3. The van der Waals surface area contributed by atoms with Gasteiger partial charge in [0.15, 0.2) is 6.10 Å². The highest BCUT2D eigenvalue weighted by atomic mass is 16.6. The Bertz CT molecular complexity index is 1350. The zero-order chi connectivity index (χ0) is 50.7. The molecule has 0 aromatic rings. The highest BCUT2D eigenvalue weighted by molar-refractivity contribution is 5.71. The molecule has 0 aromatic carbocycles. The van der Waals surface area contributed by atoms with Crippen LogP contribution in [0.25, 0.3) is 0 Å². The van der Waals surface area contributed by atoms with Crippen LogP contribution >= 0.6 is 0 Å². The normalized spacial score (nSPS) is 12.7. The van der Waals surface area contributed by atoms with Crippen molar-refractivity contribution in [1.29, 1.82) is 0 Å². The topological polar surface area (TPSA) is 78.9 Å². The first kappa shape index (κ1) is 66.6. The maximum Gasteiger partial charge on any atom is 0.306 e. The van der Waals surface area contributed by atoms with Gasteiger partial charge in [-0.05, 0) is 96.3 Å². The summed E-state index contributed by atoms with van der Waals surface area (Å²) < 4.78 is 16.8. The summed E-state index contributed by atoms with van der Waals surface area (Å²) in [7, 11) is 0. The Morgan fingerprint density at radius 2 is 0.557 bits per heavy atom. The summed E-state index contributed by atoms with van der Waals surface area (Å²) in [6, 6.07) is 0. The van der Waals surface area contributed by atoms with Crippen LogP contribution in [0.15, 0.2) is 85.1 Å². The van der Waals surface area contributed by atoms with Crippen LogP contribution in [0.3, 0.4) is 0 Å². The van der Waals surface area contributed by atoms with Crippen LogP contribution in [0.2, 0.25) is 0 Å². The fourth-order valence-electron chi connectivity index (χ4n) is 8.21. The van der Waals surface area contributed by atoms with Gasteiger partial charge in [0.2, 0.25) is 0 Å². The van der Waals surface area contributed by atoms with Crippen LogP contribution in [-0.2, 0) is 28.6 Å². The third-order valence-corrected chi connectivity index (χ3v) is 12.6. The van der Waals surface area contributed by atoms with Crippen LogP contribution in [0.5, 0.6) is 0 Å². The average molecular weight is 976 g/mol. The fourth-order valence-corrected chi connectivity index (χ4v) is 8.21. The third-order valence-electron chi connectivity index (χ3n) is 12.6. The molecule has 0 bridgehead atoms. The number of carbonyl (C=O) groups is 3. The number of allylic oxidation sites excluding steroid dienone is 14. The summed E-state index contributed by atoms with van der Waals surface area (Å²) in [5, 5.41) is 0. The second-order valence-electron chi connectivity index (χ2n) is 19.5. The third kappa shape index (κ3) is 55.5. The number of hydrogen-bond acceptors (Lipinski definition) is 6. The summed E-state index contributed by atoms with van der Waals surface area (Å²) in [5.74, 6) is -0.939. The SMILES string of the molecule is CC/C=C\C/C=C\C/C=C\C/C=C\CCCCC(=O)OC[C@H](COC(=O)CCCCCCCC/C=C\C/C=C\C/C=C\CCCCC)OC(=O)CCCCCCCCCCCCCCCCCCCC. The van der Waals surface area contributed by atoms with Crippen LogP contribution < -0.4 is 0 Å². The number of rotatable bonds is 53. The minimum atomic E-state index is -0.798. The lowest BCUT2D eigenvalue weighted by molar-refractivity contribution is -0.167. The van der Waals surface area contributed by atoms with Gasteiger partial charge in [0.25, 0.3) is 0 Å². The zero-order valence-electron chi connectivity index (χ0n) is 46.0. The van der Waals surface area contributed by atoms with Gasteiger partial charge in [-0.25, -0.2) is 0 Å².